The minimum atomic E-state index is -1.61. The molecule has 146 valence electrons. The molecule has 0 aliphatic heterocycles. The summed E-state index contributed by atoms with van der Waals surface area (Å²) in [6.07, 6.45) is 0.662. The highest BCUT2D eigenvalue weighted by Gasteiger charge is 2.15. The highest BCUT2D eigenvalue weighted by molar-refractivity contribution is 5.92. The van der Waals surface area contributed by atoms with Crippen molar-refractivity contribution in [2.45, 2.75) is 6.42 Å². The number of ether oxygens (including phenoxy) is 2. The van der Waals surface area contributed by atoms with Crippen LogP contribution < -0.4 is 14.8 Å². The van der Waals surface area contributed by atoms with E-state index in [0.29, 0.717) is 25.3 Å². The molecule has 0 atom stereocenters. The number of amides is 1. The molecule has 27 heavy (non-hydrogen) atoms. The van der Waals surface area contributed by atoms with Crippen molar-refractivity contribution < 1.29 is 27.4 Å². The van der Waals surface area contributed by atoms with Gasteiger partial charge in [0.1, 0.15) is 11.5 Å². The van der Waals surface area contributed by atoms with Gasteiger partial charge in [0.15, 0.2) is 17.5 Å². The lowest BCUT2D eigenvalue weighted by Gasteiger charge is -2.16. The fourth-order valence-corrected chi connectivity index (χ4v) is 2.33. The lowest BCUT2D eigenvalue weighted by atomic mass is 10.2. The highest BCUT2D eigenvalue weighted by atomic mass is 19.2. The van der Waals surface area contributed by atoms with Gasteiger partial charge >= 0.3 is 0 Å². The van der Waals surface area contributed by atoms with Crippen LogP contribution in [0, 0.1) is 17.5 Å². The zero-order valence-electron chi connectivity index (χ0n) is 15.1. The third-order valence-corrected chi connectivity index (χ3v) is 3.74. The predicted molar refractivity (Wildman–Crippen MR) is 95.5 cm³/mol. The summed E-state index contributed by atoms with van der Waals surface area (Å²) in [6, 6.07) is 8.92. The summed E-state index contributed by atoms with van der Waals surface area (Å²) in [4.78, 5) is 13.6. The number of carbonyl (C=O) groups excluding carboxylic acids is 1. The second-order valence-corrected chi connectivity index (χ2v) is 5.89. The van der Waals surface area contributed by atoms with Crippen LogP contribution in [-0.2, 0) is 4.79 Å². The monoisotopic (exact) mass is 382 g/mol. The van der Waals surface area contributed by atoms with Crippen LogP contribution in [0.1, 0.15) is 6.42 Å². The van der Waals surface area contributed by atoms with Gasteiger partial charge in [-0.1, -0.05) is 0 Å². The van der Waals surface area contributed by atoms with Crippen molar-refractivity contribution in [2.75, 3.05) is 39.2 Å². The van der Waals surface area contributed by atoms with Gasteiger partial charge in [-0.2, -0.15) is 0 Å². The zero-order valence-corrected chi connectivity index (χ0v) is 15.1. The Labute approximate surface area is 155 Å². The molecular weight excluding hydrogens is 361 g/mol. The molecule has 2 rings (SSSR count). The summed E-state index contributed by atoms with van der Waals surface area (Å²) >= 11 is 0. The van der Waals surface area contributed by atoms with Crippen LogP contribution in [0.5, 0.6) is 11.5 Å². The van der Waals surface area contributed by atoms with Crippen LogP contribution in [0.25, 0.3) is 0 Å². The van der Waals surface area contributed by atoms with Crippen LogP contribution in [0.4, 0.5) is 18.9 Å². The Hall–Kier alpha value is -2.74. The van der Waals surface area contributed by atoms with Crippen molar-refractivity contribution >= 4 is 11.6 Å². The zero-order chi connectivity index (χ0) is 19.8. The Kier molecular flexibility index (Phi) is 7.48. The van der Waals surface area contributed by atoms with Crippen molar-refractivity contribution in [3.8, 4) is 11.5 Å². The Bertz CT molecular complexity index is 770. The molecular formula is C19H21F3N2O3. The van der Waals surface area contributed by atoms with Crippen LogP contribution in [0.3, 0.4) is 0 Å². The molecule has 0 radical (unpaired) electrons. The first-order valence-corrected chi connectivity index (χ1v) is 8.29. The molecule has 0 fully saturated rings. The summed E-state index contributed by atoms with van der Waals surface area (Å²) in [7, 11) is 3.30. The molecule has 1 amide bonds. The number of nitrogens with zero attached hydrogens (tertiary/aromatic N) is 1. The molecule has 0 saturated heterocycles. The van der Waals surface area contributed by atoms with Gasteiger partial charge in [-0.05, 0) is 49.9 Å². The number of rotatable bonds is 9. The number of carbonyl (C=O) groups is 1. The minimum Gasteiger partial charge on any atom is -0.497 e. The average molecular weight is 382 g/mol. The third-order valence-electron chi connectivity index (χ3n) is 3.74. The molecule has 0 aromatic heterocycles. The molecule has 2 aromatic carbocycles. The first-order chi connectivity index (χ1) is 12.9. The number of hydrogen-bond donors (Lipinski definition) is 1. The number of methoxy groups -OCH3 is 1. The van der Waals surface area contributed by atoms with Gasteiger partial charge in [0, 0.05) is 6.54 Å². The highest BCUT2D eigenvalue weighted by Crippen LogP contribution is 2.19. The molecule has 0 unspecified atom stereocenters. The van der Waals surface area contributed by atoms with E-state index in [-0.39, 0.29) is 6.54 Å². The van der Waals surface area contributed by atoms with E-state index in [4.69, 9.17) is 9.47 Å². The van der Waals surface area contributed by atoms with E-state index in [2.05, 4.69) is 5.32 Å². The number of nitrogens with one attached hydrogen (secondary N) is 1. The van der Waals surface area contributed by atoms with E-state index in [0.717, 1.165) is 17.9 Å². The average Bonchev–Trinajstić information content (AvgIpc) is 2.66. The smallest absolute Gasteiger partial charge is 0.238 e. The summed E-state index contributed by atoms with van der Waals surface area (Å²) in [5.41, 5.74) is -0.393. The SMILES string of the molecule is COc1ccc(OCCCN(C)CC(=O)Nc2ccc(F)c(F)c2F)cc1. The van der Waals surface area contributed by atoms with Gasteiger partial charge in [-0.15, -0.1) is 0 Å². The molecule has 0 heterocycles. The van der Waals surface area contributed by atoms with E-state index in [9.17, 15) is 18.0 Å². The fourth-order valence-electron chi connectivity index (χ4n) is 2.33. The minimum absolute atomic E-state index is 0.0268. The molecule has 0 aliphatic carbocycles. The van der Waals surface area contributed by atoms with Gasteiger partial charge in [-0.3, -0.25) is 9.69 Å². The predicted octanol–water partition coefficient (Wildman–Crippen LogP) is 3.45. The van der Waals surface area contributed by atoms with Crippen LogP contribution >= 0.6 is 0 Å². The maximum atomic E-state index is 13.5. The topological polar surface area (TPSA) is 50.8 Å². The quantitative estimate of drug-likeness (QED) is 0.533. The van der Waals surface area contributed by atoms with Crippen molar-refractivity contribution in [3.05, 3.63) is 53.8 Å². The number of halogens is 3. The molecule has 5 nitrogen and oxygen atoms in total. The molecule has 8 heteroatoms. The van der Waals surface area contributed by atoms with E-state index >= 15 is 0 Å². The van der Waals surface area contributed by atoms with Crippen LogP contribution in [0.2, 0.25) is 0 Å². The molecule has 1 N–H and O–H groups in total. The number of likely N-dealkylation sites (N-methyl/N-ethyl adjacent to an activating group) is 1. The van der Waals surface area contributed by atoms with E-state index < -0.39 is 29.0 Å². The molecule has 0 aliphatic rings. The van der Waals surface area contributed by atoms with Gasteiger partial charge in [0.2, 0.25) is 5.91 Å². The normalized spacial score (nSPS) is 10.7. The Morgan fingerprint density at radius 2 is 1.70 bits per heavy atom. The fraction of sp³-hybridized carbons (Fsp3) is 0.316. The third kappa shape index (κ3) is 6.18. The van der Waals surface area contributed by atoms with Gasteiger partial charge < -0.3 is 14.8 Å². The second-order valence-electron chi connectivity index (χ2n) is 5.89. The first kappa shape index (κ1) is 20.6. The lowest BCUT2D eigenvalue weighted by Crippen LogP contribution is -2.31. The summed E-state index contributed by atoms with van der Waals surface area (Å²) in [5, 5.41) is 2.23. The molecule has 0 spiro atoms. The van der Waals surface area contributed by atoms with Gasteiger partial charge in [0.05, 0.1) is 25.9 Å². The molecule has 0 bridgehead atoms. The van der Waals surface area contributed by atoms with Crippen molar-refractivity contribution in [2.24, 2.45) is 0 Å². The largest absolute Gasteiger partial charge is 0.497 e. The van der Waals surface area contributed by atoms with Gasteiger partial charge in [0.25, 0.3) is 0 Å². The Morgan fingerprint density at radius 1 is 1.04 bits per heavy atom. The molecule has 0 saturated carbocycles. The van der Waals surface area contributed by atoms with Crippen molar-refractivity contribution in [1.29, 1.82) is 0 Å². The summed E-state index contributed by atoms with van der Waals surface area (Å²) < 4.78 is 50.2. The van der Waals surface area contributed by atoms with E-state index in [1.807, 2.05) is 0 Å². The Balaban J connectivity index is 1.71. The standard InChI is InChI=1S/C19H21F3N2O3/c1-24(10-3-11-27-14-6-4-13(26-2)5-7-14)12-17(25)23-16-9-8-15(20)18(21)19(16)22/h4-9H,3,10-12H2,1-2H3,(H,23,25). The second kappa shape index (κ2) is 9.82. The van der Waals surface area contributed by atoms with Gasteiger partial charge in [-0.25, -0.2) is 13.2 Å². The van der Waals surface area contributed by atoms with Crippen molar-refractivity contribution in [3.63, 3.8) is 0 Å². The Morgan fingerprint density at radius 3 is 2.37 bits per heavy atom. The van der Waals surface area contributed by atoms with Crippen molar-refractivity contribution in [1.82, 2.24) is 4.90 Å². The number of benzene rings is 2. The van der Waals surface area contributed by atoms with E-state index in [1.54, 1.807) is 43.3 Å². The number of hydrogen-bond acceptors (Lipinski definition) is 4. The first-order valence-electron chi connectivity index (χ1n) is 8.29. The number of anilines is 1. The van der Waals surface area contributed by atoms with Crippen LogP contribution in [0.15, 0.2) is 36.4 Å². The lowest BCUT2D eigenvalue weighted by molar-refractivity contribution is -0.117. The van der Waals surface area contributed by atoms with Crippen LogP contribution in [-0.4, -0.2) is 44.7 Å². The molecule has 2 aromatic rings. The van der Waals surface area contributed by atoms with E-state index in [1.165, 1.54) is 0 Å². The maximum absolute atomic E-state index is 13.5. The summed E-state index contributed by atoms with van der Waals surface area (Å²) in [5.74, 6) is -3.41. The summed E-state index contributed by atoms with van der Waals surface area (Å²) in [6.45, 7) is 0.987. The maximum Gasteiger partial charge on any atom is 0.238 e.